The highest BCUT2D eigenvalue weighted by molar-refractivity contribution is 7.99. The molecule has 4 rings (SSSR count). The first kappa shape index (κ1) is 21.8. The number of hydrogen-bond donors (Lipinski definition) is 1. The van der Waals surface area contributed by atoms with E-state index < -0.39 is 0 Å². The average molecular weight is 449 g/mol. The highest BCUT2D eigenvalue weighted by atomic mass is 32.2. The van der Waals surface area contributed by atoms with E-state index in [2.05, 4.69) is 25.7 Å². The highest BCUT2D eigenvalue weighted by Crippen LogP contribution is 2.29. The van der Waals surface area contributed by atoms with Crippen molar-refractivity contribution in [3.63, 3.8) is 0 Å². The first-order valence-corrected chi connectivity index (χ1v) is 11.1. The molecule has 0 spiro atoms. The largest absolute Gasteiger partial charge is 0.338 e. The molecule has 1 amide bonds. The van der Waals surface area contributed by atoms with E-state index in [1.807, 2.05) is 68.7 Å². The number of rotatable bonds is 6. The van der Waals surface area contributed by atoms with E-state index in [0.29, 0.717) is 16.9 Å². The van der Waals surface area contributed by atoms with Crippen LogP contribution in [0.4, 0.5) is 5.88 Å². The lowest BCUT2D eigenvalue weighted by Gasteiger charge is -2.12. The maximum atomic E-state index is 12.5. The molecular formula is C23H24N6O2S. The number of aryl methyl sites for hydroxylation is 1. The minimum Gasteiger partial charge on any atom is -0.338 e. The summed E-state index contributed by atoms with van der Waals surface area (Å²) >= 11 is 1.30. The summed E-state index contributed by atoms with van der Waals surface area (Å²) in [7, 11) is 0. The van der Waals surface area contributed by atoms with Crippen LogP contribution in [0, 0.1) is 6.92 Å². The Morgan fingerprint density at radius 1 is 1.16 bits per heavy atom. The van der Waals surface area contributed by atoms with Crippen LogP contribution in [0.15, 0.2) is 64.5 Å². The molecule has 0 aliphatic heterocycles. The van der Waals surface area contributed by atoms with E-state index in [0.717, 1.165) is 22.5 Å². The fraction of sp³-hybridized carbons (Fsp3) is 0.261. The van der Waals surface area contributed by atoms with Gasteiger partial charge in [-0.1, -0.05) is 55.9 Å². The van der Waals surface area contributed by atoms with E-state index in [-0.39, 0.29) is 17.1 Å². The van der Waals surface area contributed by atoms with Gasteiger partial charge in [0.05, 0.1) is 17.1 Å². The normalized spacial score (nSPS) is 11.5. The van der Waals surface area contributed by atoms with Crippen molar-refractivity contribution in [2.75, 3.05) is 11.1 Å². The minimum atomic E-state index is -0.214. The number of carbonyl (C=O) groups excluding carboxylic acids is 1. The Balaban J connectivity index is 1.56. The molecule has 0 radical (unpaired) electrons. The number of anilines is 1. The first-order valence-electron chi connectivity index (χ1n) is 10.1. The Labute approximate surface area is 190 Å². The highest BCUT2D eigenvalue weighted by Gasteiger charge is 2.21. The van der Waals surface area contributed by atoms with Gasteiger partial charge >= 0.3 is 0 Å². The van der Waals surface area contributed by atoms with Crippen LogP contribution in [-0.4, -0.2) is 36.6 Å². The smallest absolute Gasteiger partial charge is 0.237 e. The molecule has 0 bridgehead atoms. The maximum absolute atomic E-state index is 12.5. The molecule has 0 aliphatic carbocycles. The van der Waals surface area contributed by atoms with Gasteiger partial charge in [0.2, 0.25) is 11.8 Å². The van der Waals surface area contributed by atoms with Crippen LogP contribution >= 0.6 is 11.8 Å². The van der Waals surface area contributed by atoms with Gasteiger partial charge in [-0.15, -0.1) is 10.2 Å². The predicted molar refractivity (Wildman–Crippen MR) is 124 cm³/mol. The summed E-state index contributed by atoms with van der Waals surface area (Å²) in [6, 6.07) is 13.5. The Morgan fingerprint density at radius 3 is 2.66 bits per heavy atom. The fourth-order valence-corrected chi connectivity index (χ4v) is 3.81. The van der Waals surface area contributed by atoms with Gasteiger partial charge in [-0.3, -0.25) is 19.7 Å². The van der Waals surface area contributed by atoms with E-state index in [1.165, 1.54) is 11.8 Å². The summed E-state index contributed by atoms with van der Waals surface area (Å²) in [5.74, 6) is 0.925. The lowest BCUT2D eigenvalue weighted by Crippen LogP contribution is -2.14. The number of thioether (sulfide) groups is 1. The SMILES string of the molecule is Cc1ccccc1-n1c(SCC(=O)Nc2cc(C(C)(C)C)no2)nnc1-c1cccnc1. The molecule has 0 aliphatic rings. The zero-order chi connectivity index (χ0) is 22.7. The zero-order valence-electron chi connectivity index (χ0n) is 18.4. The van der Waals surface area contributed by atoms with Crippen molar-refractivity contribution >= 4 is 23.6 Å². The molecule has 0 unspecified atom stereocenters. The third-order valence-electron chi connectivity index (χ3n) is 4.78. The second kappa shape index (κ2) is 8.96. The third kappa shape index (κ3) is 4.72. The van der Waals surface area contributed by atoms with Gasteiger partial charge in [0.1, 0.15) is 0 Å². The van der Waals surface area contributed by atoms with Gasteiger partial charge in [-0.25, -0.2) is 0 Å². The molecule has 3 heterocycles. The monoisotopic (exact) mass is 448 g/mol. The average Bonchev–Trinajstić information content (AvgIpc) is 3.40. The van der Waals surface area contributed by atoms with Crippen molar-refractivity contribution in [3.05, 3.63) is 66.1 Å². The molecule has 1 aromatic carbocycles. The summed E-state index contributed by atoms with van der Waals surface area (Å²) < 4.78 is 7.21. The lowest BCUT2D eigenvalue weighted by molar-refractivity contribution is -0.113. The Kier molecular flexibility index (Phi) is 6.09. The van der Waals surface area contributed by atoms with Crippen LogP contribution in [0.5, 0.6) is 0 Å². The number of aromatic nitrogens is 5. The number of nitrogens with zero attached hydrogens (tertiary/aromatic N) is 5. The molecule has 0 fully saturated rings. The van der Waals surface area contributed by atoms with Crippen molar-refractivity contribution < 1.29 is 9.32 Å². The zero-order valence-corrected chi connectivity index (χ0v) is 19.2. The van der Waals surface area contributed by atoms with E-state index in [1.54, 1.807) is 18.5 Å². The standard InChI is InChI=1S/C23H24N6O2S/c1-15-8-5-6-10-17(15)29-21(16-9-7-11-24-13-16)26-27-22(29)32-14-19(30)25-20-12-18(28-31-20)23(2,3)4/h5-13H,14H2,1-4H3,(H,25,30). The summed E-state index contributed by atoms with van der Waals surface area (Å²) in [6.45, 7) is 8.12. The third-order valence-corrected chi connectivity index (χ3v) is 5.71. The molecule has 0 atom stereocenters. The van der Waals surface area contributed by atoms with Crippen molar-refractivity contribution in [3.8, 4) is 17.1 Å². The topological polar surface area (TPSA) is 98.7 Å². The van der Waals surface area contributed by atoms with Crippen molar-refractivity contribution in [1.82, 2.24) is 24.9 Å². The molecular weight excluding hydrogens is 424 g/mol. The van der Waals surface area contributed by atoms with Gasteiger partial charge in [-0.2, -0.15) is 0 Å². The molecule has 3 aromatic heterocycles. The van der Waals surface area contributed by atoms with Crippen LogP contribution in [-0.2, 0) is 10.2 Å². The summed E-state index contributed by atoms with van der Waals surface area (Å²) in [6.07, 6.45) is 3.46. The second-order valence-corrected chi connectivity index (χ2v) is 9.28. The molecule has 8 nitrogen and oxygen atoms in total. The summed E-state index contributed by atoms with van der Waals surface area (Å²) in [5.41, 5.74) is 3.48. The van der Waals surface area contributed by atoms with E-state index in [4.69, 9.17) is 4.52 Å². The lowest BCUT2D eigenvalue weighted by atomic mass is 9.92. The second-order valence-electron chi connectivity index (χ2n) is 8.33. The number of benzene rings is 1. The van der Waals surface area contributed by atoms with Crippen molar-refractivity contribution in [2.45, 2.75) is 38.3 Å². The van der Waals surface area contributed by atoms with Gasteiger partial charge in [0, 0.05) is 29.4 Å². The number of pyridine rings is 1. The van der Waals surface area contributed by atoms with Crippen molar-refractivity contribution in [2.24, 2.45) is 0 Å². The molecule has 0 saturated heterocycles. The fourth-order valence-electron chi connectivity index (χ4n) is 3.07. The van der Waals surface area contributed by atoms with Gasteiger partial charge in [-0.05, 0) is 30.7 Å². The Hall–Kier alpha value is -3.46. The quantitative estimate of drug-likeness (QED) is 0.429. The Morgan fingerprint density at radius 2 is 1.97 bits per heavy atom. The molecule has 1 N–H and O–H groups in total. The molecule has 32 heavy (non-hydrogen) atoms. The summed E-state index contributed by atoms with van der Waals surface area (Å²) in [4.78, 5) is 16.7. The van der Waals surface area contributed by atoms with Crippen LogP contribution in [0.3, 0.4) is 0 Å². The predicted octanol–water partition coefficient (Wildman–Crippen LogP) is 4.65. The number of carbonyl (C=O) groups is 1. The first-order chi connectivity index (χ1) is 15.3. The Bertz CT molecular complexity index is 1230. The number of nitrogens with one attached hydrogen (secondary N) is 1. The van der Waals surface area contributed by atoms with Crippen molar-refractivity contribution in [1.29, 1.82) is 0 Å². The minimum absolute atomic E-state index is 0.141. The van der Waals surface area contributed by atoms with Crippen LogP contribution in [0.1, 0.15) is 32.0 Å². The van der Waals surface area contributed by atoms with Crippen LogP contribution in [0.2, 0.25) is 0 Å². The maximum Gasteiger partial charge on any atom is 0.237 e. The van der Waals surface area contributed by atoms with Crippen LogP contribution < -0.4 is 5.32 Å². The van der Waals surface area contributed by atoms with Gasteiger partial charge in [0.15, 0.2) is 11.0 Å². The van der Waals surface area contributed by atoms with E-state index in [9.17, 15) is 4.79 Å². The number of para-hydroxylation sites is 1. The summed E-state index contributed by atoms with van der Waals surface area (Å²) in [5, 5.41) is 16.1. The molecule has 4 aromatic rings. The van der Waals surface area contributed by atoms with Gasteiger partial charge < -0.3 is 4.52 Å². The molecule has 164 valence electrons. The van der Waals surface area contributed by atoms with Crippen LogP contribution in [0.25, 0.3) is 17.1 Å². The molecule has 0 saturated carbocycles. The van der Waals surface area contributed by atoms with Gasteiger partial charge in [0.25, 0.3) is 0 Å². The number of hydrogen-bond acceptors (Lipinski definition) is 7. The number of amides is 1. The molecule has 9 heteroatoms. The van der Waals surface area contributed by atoms with E-state index >= 15 is 0 Å².